The summed E-state index contributed by atoms with van der Waals surface area (Å²) in [7, 11) is 0. The van der Waals surface area contributed by atoms with Crippen molar-refractivity contribution in [3.63, 3.8) is 0 Å². The molecule has 0 aromatic carbocycles. The van der Waals surface area contributed by atoms with Crippen molar-refractivity contribution < 1.29 is 4.79 Å². The molecule has 25 heavy (non-hydrogen) atoms. The highest BCUT2D eigenvalue weighted by molar-refractivity contribution is 8.04. The average Bonchev–Trinajstić information content (AvgIpc) is 3.21. The number of nitrogens with two attached hydrogens (primary N) is 1. The van der Waals surface area contributed by atoms with Crippen molar-refractivity contribution in [2.75, 3.05) is 22.6 Å². The largest absolute Gasteiger partial charge is 0.374 e. The molecule has 0 atom stereocenters. The fraction of sp³-hybridized carbons (Fsp3) is 0.231. The SMILES string of the molecule is Nc1nnc(SCCSc2nnc(NC(=O)Cc3ccccn3)s2)s1. The van der Waals surface area contributed by atoms with E-state index in [1.54, 1.807) is 29.7 Å². The normalized spacial score (nSPS) is 10.7. The molecule has 0 aliphatic rings. The van der Waals surface area contributed by atoms with Crippen molar-refractivity contribution >= 4 is 62.4 Å². The lowest BCUT2D eigenvalue weighted by atomic mass is 10.2. The summed E-state index contributed by atoms with van der Waals surface area (Å²) in [4.78, 5) is 16.1. The Morgan fingerprint density at radius 2 is 1.84 bits per heavy atom. The van der Waals surface area contributed by atoms with Crippen molar-refractivity contribution in [2.45, 2.75) is 15.1 Å². The first-order valence-electron chi connectivity index (χ1n) is 7.07. The van der Waals surface area contributed by atoms with Crippen LogP contribution in [0.5, 0.6) is 0 Å². The van der Waals surface area contributed by atoms with Crippen LogP contribution in [0.1, 0.15) is 5.69 Å². The summed E-state index contributed by atoms with van der Waals surface area (Å²) >= 11 is 5.92. The third-order valence-corrected chi connectivity index (χ3v) is 6.80. The van der Waals surface area contributed by atoms with Gasteiger partial charge < -0.3 is 11.1 Å². The van der Waals surface area contributed by atoms with Gasteiger partial charge in [0.1, 0.15) is 0 Å². The Labute approximate surface area is 160 Å². The molecular formula is C13H13N7OS4. The molecule has 3 aromatic heterocycles. The Bertz CT molecular complexity index is 823. The van der Waals surface area contributed by atoms with Crippen LogP contribution in [-0.2, 0) is 11.2 Å². The second-order valence-electron chi connectivity index (χ2n) is 4.52. The highest BCUT2D eigenvalue weighted by Crippen LogP contribution is 2.28. The molecule has 0 saturated heterocycles. The van der Waals surface area contributed by atoms with E-state index in [4.69, 9.17) is 5.73 Å². The summed E-state index contributed by atoms with van der Waals surface area (Å²) in [6.45, 7) is 0. The molecule has 0 radical (unpaired) electrons. The molecule has 130 valence electrons. The Morgan fingerprint density at radius 3 is 2.52 bits per heavy atom. The maximum atomic E-state index is 12.0. The molecule has 3 aromatic rings. The monoisotopic (exact) mass is 411 g/mol. The van der Waals surface area contributed by atoms with E-state index in [1.165, 1.54) is 22.7 Å². The van der Waals surface area contributed by atoms with Crippen molar-refractivity contribution in [1.29, 1.82) is 0 Å². The van der Waals surface area contributed by atoms with Gasteiger partial charge in [-0.2, -0.15) is 0 Å². The molecule has 0 spiro atoms. The molecule has 8 nitrogen and oxygen atoms in total. The van der Waals surface area contributed by atoms with Gasteiger partial charge in [0, 0.05) is 23.4 Å². The number of carbonyl (C=O) groups is 1. The van der Waals surface area contributed by atoms with Gasteiger partial charge in [-0.15, -0.1) is 20.4 Å². The summed E-state index contributed by atoms with van der Waals surface area (Å²) in [6.07, 6.45) is 1.88. The molecule has 3 N–H and O–H groups in total. The Morgan fingerprint density at radius 1 is 1.08 bits per heavy atom. The van der Waals surface area contributed by atoms with Gasteiger partial charge in [0.15, 0.2) is 8.68 Å². The summed E-state index contributed by atoms with van der Waals surface area (Å²) in [5.74, 6) is 1.55. The standard InChI is InChI=1S/C13H13N7OS4/c14-10-17-19-12(24-10)22-5-6-23-13-20-18-11(25-13)16-9(21)7-8-3-1-2-4-15-8/h1-4H,5-7H2,(H2,14,17)(H,16,18,21). The fourth-order valence-electron chi connectivity index (χ4n) is 1.69. The first-order chi connectivity index (χ1) is 12.2. The molecule has 0 aliphatic carbocycles. The summed E-state index contributed by atoms with van der Waals surface area (Å²) in [5.41, 5.74) is 6.25. The fourth-order valence-corrected chi connectivity index (χ4v) is 5.20. The minimum Gasteiger partial charge on any atom is -0.374 e. The average molecular weight is 412 g/mol. The zero-order chi connectivity index (χ0) is 17.5. The minimum absolute atomic E-state index is 0.157. The second-order valence-corrected chi connectivity index (χ2v) is 9.19. The number of rotatable bonds is 8. The van der Waals surface area contributed by atoms with Gasteiger partial charge in [-0.3, -0.25) is 9.78 Å². The molecule has 0 saturated carbocycles. The lowest BCUT2D eigenvalue weighted by Crippen LogP contribution is -2.14. The van der Waals surface area contributed by atoms with Crippen molar-refractivity contribution in [1.82, 2.24) is 25.4 Å². The summed E-state index contributed by atoms with van der Waals surface area (Å²) in [5, 5.41) is 19.5. The number of aromatic nitrogens is 5. The molecule has 0 unspecified atom stereocenters. The maximum absolute atomic E-state index is 12.0. The topological polar surface area (TPSA) is 120 Å². The minimum atomic E-state index is -0.157. The van der Waals surface area contributed by atoms with Gasteiger partial charge in [-0.1, -0.05) is 52.3 Å². The van der Waals surface area contributed by atoms with Gasteiger partial charge in [-0.05, 0) is 12.1 Å². The number of nitrogens with one attached hydrogen (secondary N) is 1. The third kappa shape index (κ3) is 5.92. The van der Waals surface area contributed by atoms with E-state index in [0.717, 1.165) is 20.2 Å². The van der Waals surface area contributed by atoms with Crippen molar-refractivity contribution in [3.05, 3.63) is 30.1 Å². The van der Waals surface area contributed by atoms with Crippen LogP contribution in [0.2, 0.25) is 0 Å². The molecule has 3 heterocycles. The zero-order valence-corrected chi connectivity index (χ0v) is 16.1. The van der Waals surface area contributed by atoms with Gasteiger partial charge >= 0.3 is 0 Å². The number of amides is 1. The number of nitrogen functional groups attached to an aromatic ring is 1. The van der Waals surface area contributed by atoms with Crippen molar-refractivity contribution in [2.24, 2.45) is 0 Å². The van der Waals surface area contributed by atoms with E-state index in [1.807, 2.05) is 18.2 Å². The lowest BCUT2D eigenvalue weighted by molar-refractivity contribution is -0.115. The Kier molecular flexibility index (Phi) is 6.55. The predicted molar refractivity (Wildman–Crippen MR) is 102 cm³/mol. The van der Waals surface area contributed by atoms with Gasteiger partial charge in [0.2, 0.25) is 16.2 Å². The molecule has 1 amide bonds. The number of hydrogen-bond acceptors (Lipinski definition) is 11. The maximum Gasteiger partial charge on any atom is 0.232 e. The van der Waals surface area contributed by atoms with Crippen LogP contribution in [0.3, 0.4) is 0 Å². The van der Waals surface area contributed by atoms with Crippen LogP contribution in [0.15, 0.2) is 33.1 Å². The van der Waals surface area contributed by atoms with Crippen LogP contribution in [0.25, 0.3) is 0 Å². The molecule has 0 bridgehead atoms. The molecule has 0 aliphatic heterocycles. The van der Waals surface area contributed by atoms with E-state index < -0.39 is 0 Å². The molecular weight excluding hydrogens is 398 g/mol. The van der Waals surface area contributed by atoms with E-state index in [9.17, 15) is 4.79 Å². The van der Waals surface area contributed by atoms with E-state index in [2.05, 4.69) is 30.7 Å². The Hall–Kier alpha value is -1.76. The quantitative estimate of drug-likeness (QED) is 0.327. The molecule has 12 heteroatoms. The number of nitrogens with zero attached hydrogens (tertiary/aromatic N) is 5. The van der Waals surface area contributed by atoms with Crippen LogP contribution >= 0.6 is 46.2 Å². The lowest BCUT2D eigenvalue weighted by Gasteiger charge is -2.00. The highest BCUT2D eigenvalue weighted by Gasteiger charge is 2.10. The van der Waals surface area contributed by atoms with Gasteiger partial charge in [0.05, 0.1) is 6.42 Å². The number of anilines is 2. The van der Waals surface area contributed by atoms with Crippen LogP contribution in [0, 0.1) is 0 Å². The third-order valence-electron chi connectivity index (χ3n) is 2.68. The van der Waals surface area contributed by atoms with Crippen molar-refractivity contribution in [3.8, 4) is 0 Å². The van der Waals surface area contributed by atoms with E-state index in [0.29, 0.717) is 16.0 Å². The number of carbonyl (C=O) groups excluding carboxylic acids is 1. The predicted octanol–water partition coefficient (Wildman–Crippen LogP) is 2.43. The number of hydrogen-bond donors (Lipinski definition) is 2. The molecule has 0 fully saturated rings. The first kappa shape index (κ1) is 18.0. The Balaban J connectivity index is 1.40. The molecule has 3 rings (SSSR count). The number of pyridine rings is 1. The highest BCUT2D eigenvalue weighted by atomic mass is 32.2. The van der Waals surface area contributed by atoms with E-state index in [-0.39, 0.29) is 12.3 Å². The van der Waals surface area contributed by atoms with Crippen LogP contribution < -0.4 is 11.1 Å². The zero-order valence-electron chi connectivity index (χ0n) is 12.8. The number of thioether (sulfide) groups is 2. The van der Waals surface area contributed by atoms with Crippen LogP contribution in [0.4, 0.5) is 10.3 Å². The van der Waals surface area contributed by atoms with Gasteiger partial charge in [-0.25, -0.2) is 0 Å². The van der Waals surface area contributed by atoms with Crippen LogP contribution in [-0.4, -0.2) is 42.8 Å². The van der Waals surface area contributed by atoms with Gasteiger partial charge in [0.25, 0.3) is 0 Å². The second kappa shape index (κ2) is 9.08. The smallest absolute Gasteiger partial charge is 0.232 e. The first-order valence-corrected chi connectivity index (χ1v) is 10.7. The van der Waals surface area contributed by atoms with E-state index >= 15 is 0 Å². The summed E-state index contributed by atoms with van der Waals surface area (Å²) < 4.78 is 1.67. The summed E-state index contributed by atoms with van der Waals surface area (Å²) in [6, 6.07) is 5.47.